The number of benzene rings is 1. The molecule has 3 rings (SSSR count). The monoisotopic (exact) mass is 526 g/mol. The van der Waals surface area contributed by atoms with Gasteiger partial charge in [0, 0.05) is 64.3 Å². The van der Waals surface area contributed by atoms with Gasteiger partial charge in [-0.3, -0.25) is 14.7 Å². The zero-order chi connectivity index (χ0) is 27.7. The normalized spacial score (nSPS) is 22.4. The molecule has 8 nitrogen and oxygen atoms in total. The van der Waals surface area contributed by atoms with Crippen molar-refractivity contribution in [2.75, 3.05) is 52.3 Å². The summed E-state index contributed by atoms with van der Waals surface area (Å²) in [6.45, 7) is 8.61. The van der Waals surface area contributed by atoms with Crippen LogP contribution >= 0.6 is 0 Å². The van der Waals surface area contributed by atoms with Gasteiger partial charge in [0.05, 0.1) is 30.4 Å². The molecule has 2 heterocycles. The molecule has 38 heavy (non-hydrogen) atoms. The smallest absolute Gasteiger partial charge is 0.258 e. The number of ether oxygens (including phenoxy) is 2. The molecule has 0 unspecified atom stereocenters. The molecule has 0 spiro atoms. The van der Waals surface area contributed by atoms with Crippen molar-refractivity contribution < 1.29 is 19.4 Å². The van der Waals surface area contributed by atoms with Crippen molar-refractivity contribution in [2.24, 2.45) is 5.92 Å². The summed E-state index contributed by atoms with van der Waals surface area (Å²) in [5.74, 6) is 0.513. The summed E-state index contributed by atoms with van der Waals surface area (Å²) in [5, 5.41) is 10.1. The van der Waals surface area contributed by atoms with Gasteiger partial charge >= 0.3 is 0 Å². The largest absolute Gasteiger partial charge is 0.490 e. The van der Waals surface area contributed by atoms with Crippen LogP contribution in [0.25, 0.3) is 0 Å². The summed E-state index contributed by atoms with van der Waals surface area (Å²) in [5.41, 5.74) is 2.65. The highest BCUT2D eigenvalue weighted by Gasteiger charge is 2.30. The van der Waals surface area contributed by atoms with Crippen molar-refractivity contribution in [1.29, 1.82) is 0 Å². The maximum atomic E-state index is 14.1. The van der Waals surface area contributed by atoms with E-state index in [2.05, 4.69) is 23.9 Å². The van der Waals surface area contributed by atoms with Gasteiger partial charge in [-0.05, 0) is 76.1 Å². The molecule has 8 heteroatoms. The van der Waals surface area contributed by atoms with Crippen LogP contribution in [-0.4, -0.2) is 91.5 Å². The number of hydrogen-bond donors (Lipinski definition) is 1. The van der Waals surface area contributed by atoms with Crippen molar-refractivity contribution in [3.8, 4) is 5.75 Å². The Morgan fingerprint density at radius 1 is 1.13 bits per heavy atom. The molecule has 0 radical (unpaired) electrons. The number of carbonyl (C=O) groups excluding carboxylic acids is 1. The van der Waals surface area contributed by atoms with Crippen LogP contribution in [0.5, 0.6) is 5.75 Å². The third kappa shape index (κ3) is 8.41. The Morgan fingerprint density at radius 3 is 2.55 bits per heavy atom. The van der Waals surface area contributed by atoms with E-state index in [1.165, 1.54) is 5.56 Å². The molecular weight excluding hydrogens is 480 g/mol. The predicted molar refractivity (Wildman–Crippen MR) is 152 cm³/mol. The number of aromatic nitrogens is 1. The number of amides is 1. The quantitative estimate of drug-likeness (QED) is 0.583. The van der Waals surface area contributed by atoms with Crippen LogP contribution in [0.3, 0.4) is 0 Å². The van der Waals surface area contributed by atoms with E-state index >= 15 is 0 Å². The molecule has 2 aromatic rings. The van der Waals surface area contributed by atoms with Gasteiger partial charge in [-0.2, -0.15) is 0 Å². The minimum absolute atomic E-state index is 0.0281. The highest BCUT2D eigenvalue weighted by atomic mass is 16.5. The summed E-state index contributed by atoms with van der Waals surface area (Å²) in [6.07, 6.45) is 6.36. The second-order valence-electron chi connectivity index (χ2n) is 10.9. The zero-order valence-electron chi connectivity index (χ0n) is 24.0. The van der Waals surface area contributed by atoms with Crippen molar-refractivity contribution in [3.05, 3.63) is 53.9 Å². The van der Waals surface area contributed by atoms with E-state index < -0.39 is 0 Å². The van der Waals surface area contributed by atoms with Crippen molar-refractivity contribution in [2.45, 2.75) is 64.8 Å². The number of rotatable bonds is 7. The van der Waals surface area contributed by atoms with Gasteiger partial charge in [0.25, 0.3) is 5.91 Å². The van der Waals surface area contributed by atoms with Crippen LogP contribution in [0.15, 0.2) is 42.7 Å². The van der Waals surface area contributed by atoms with Gasteiger partial charge in [-0.1, -0.05) is 6.92 Å². The van der Waals surface area contributed by atoms with Crippen LogP contribution in [0.1, 0.15) is 56.0 Å². The number of carbonyl (C=O) groups is 1. The van der Waals surface area contributed by atoms with E-state index in [1.807, 2.05) is 75.6 Å². The second-order valence-corrected chi connectivity index (χ2v) is 10.9. The van der Waals surface area contributed by atoms with Crippen molar-refractivity contribution >= 4 is 11.6 Å². The van der Waals surface area contributed by atoms with Crippen LogP contribution < -0.4 is 9.64 Å². The minimum atomic E-state index is -0.346. The van der Waals surface area contributed by atoms with Crippen LogP contribution in [0.4, 0.5) is 5.69 Å². The Bertz CT molecular complexity index is 1000. The predicted octanol–water partition coefficient (Wildman–Crippen LogP) is 4.08. The molecule has 1 aromatic heterocycles. The number of aliphatic hydroxyl groups is 1. The van der Waals surface area contributed by atoms with E-state index in [0.29, 0.717) is 24.5 Å². The van der Waals surface area contributed by atoms with Crippen LogP contribution in [0.2, 0.25) is 0 Å². The number of pyridine rings is 1. The minimum Gasteiger partial charge on any atom is -0.490 e. The molecule has 1 N–H and O–H groups in total. The van der Waals surface area contributed by atoms with Gasteiger partial charge < -0.3 is 24.4 Å². The number of likely N-dealkylation sites (N-methyl/N-ethyl adjacent to an activating group) is 1. The Hall–Kier alpha value is -2.68. The number of aliphatic hydroxyl groups excluding tert-OH is 1. The Balaban J connectivity index is 1.90. The lowest BCUT2D eigenvalue weighted by molar-refractivity contribution is -0.0177. The standard InChI is InChI=1S/C30H46N4O4/c1-22-18-34(23(2)21-35)30(36)27-17-26(32(4)5)10-11-28(27)38-24(3)9-7-8-16-37-29(22)20-33(6)19-25-12-14-31-15-13-25/h10-15,17,22-24,29,35H,7-9,16,18-21H2,1-6H3/t22-,23+,24-,29+/m0/s1. The van der Waals surface area contributed by atoms with E-state index in [4.69, 9.17) is 9.47 Å². The van der Waals surface area contributed by atoms with Gasteiger partial charge in [0.1, 0.15) is 5.75 Å². The van der Waals surface area contributed by atoms with Crippen molar-refractivity contribution in [1.82, 2.24) is 14.8 Å². The second kappa shape index (κ2) is 14.5. The third-order valence-corrected chi connectivity index (χ3v) is 7.24. The Labute approximate surface area is 228 Å². The average molecular weight is 527 g/mol. The first kappa shape index (κ1) is 29.9. The summed E-state index contributed by atoms with van der Waals surface area (Å²) in [7, 11) is 6.01. The maximum Gasteiger partial charge on any atom is 0.258 e. The molecule has 0 bridgehead atoms. The number of anilines is 1. The average Bonchev–Trinajstić information content (AvgIpc) is 2.90. The van der Waals surface area contributed by atoms with Crippen molar-refractivity contribution in [3.63, 3.8) is 0 Å². The number of nitrogens with zero attached hydrogens (tertiary/aromatic N) is 4. The van der Waals surface area contributed by atoms with E-state index in [9.17, 15) is 9.90 Å². The Morgan fingerprint density at radius 2 is 1.87 bits per heavy atom. The fourth-order valence-electron chi connectivity index (χ4n) is 4.82. The number of hydrogen-bond acceptors (Lipinski definition) is 7. The lowest BCUT2D eigenvalue weighted by Crippen LogP contribution is -2.47. The summed E-state index contributed by atoms with van der Waals surface area (Å²) in [4.78, 5) is 24.2. The van der Waals surface area contributed by atoms with E-state index in [0.717, 1.165) is 38.0 Å². The molecule has 1 aliphatic heterocycles. The molecular formula is C30H46N4O4. The zero-order valence-corrected chi connectivity index (χ0v) is 24.0. The fraction of sp³-hybridized carbons (Fsp3) is 0.600. The lowest BCUT2D eigenvalue weighted by Gasteiger charge is -2.36. The summed E-state index contributed by atoms with van der Waals surface area (Å²) < 4.78 is 12.7. The SMILES string of the molecule is C[C@H](CO)N1C[C@H](C)[C@@H](CN(C)Cc2ccncc2)OCCCC[C@H](C)Oc2ccc(N(C)C)cc2C1=O. The van der Waals surface area contributed by atoms with Gasteiger partial charge in [0.2, 0.25) is 0 Å². The molecule has 1 aliphatic rings. The highest BCUT2D eigenvalue weighted by Crippen LogP contribution is 2.29. The molecule has 0 saturated carbocycles. The van der Waals surface area contributed by atoms with Gasteiger partial charge in [-0.15, -0.1) is 0 Å². The fourth-order valence-corrected chi connectivity index (χ4v) is 4.82. The highest BCUT2D eigenvalue weighted by molar-refractivity contribution is 5.98. The third-order valence-electron chi connectivity index (χ3n) is 7.24. The Kier molecular flexibility index (Phi) is 11.4. The topological polar surface area (TPSA) is 78.4 Å². The molecule has 1 amide bonds. The molecule has 210 valence electrons. The molecule has 0 fully saturated rings. The van der Waals surface area contributed by atoms with E-state index in [1.54, 1.807) is 4.90 Å². The number of fused-ring (bicyclic) bond motifs is 1. The molecule has 4 atom stereocenters. The van der Waals surface area contributed by atoms with Crippen LogP contribution in [-0.2, 0) is 11.3 Å². The van der Waals surface area contributed by atoms with E-state index in [-0.39, 0.29) is 36.7 Å². The van der Waals surface area contributed by atoms with Crippen LogP contribution in [0, 0.1) is 5.92 Å². The first-order valence-corrected chi connectivity index (χ1v) is 13.8. The first-order chi connectivity index (χ1) is 18.2. The summed E-state index contributed by atoms with van der Waals surface area (Å²) in [6, 6.07) is 9.49. The molecule has 0 aliphatic carbocycles. The van der Waals surface area contributed by atoms with Gasteiger partial charge in [-0.25, -0.2) is 0 Å². The maximum absolute atomic E-state index is 14.1. The lowest BCUT2D eigenvalue weighted by atomic mass is 10.0. The molecule has 0 saturated heterocycles. The first-order valence-electron chi connectivity index (χ1n) is 13.8. The molecule has 1 aromatic carbocycles. The van der Waals surface area contributed by atoms with Gasteiger partial charge in [0.15, 0.2) is 0 Å². The summed E-state index contributed by atoms with van der Waals surface area (Å²) >= 11 is 0.